The van der Waals surface area contributed by atoms with Crippen LogP contribution in [-0.4, -0.2) is 44.8 Å². The summed E-state index contributed by atoms with van der Waals surface area (Å²) >= 11 is 4.65. The highest BCUT2D eigenvalue weighted by Crippen LogP contribution is 2.33. The van der Waals surface area contributed by atoms with Gasteiger partial charge >= 0.3 is 0 Å². The molecule has 3 aromatic heterocycles. The zero-order chi connectivity index (χ0) is 21.0. The average molecular weight is 472 g/mol. The Kier molecular flexibility index (Phi) is 6.19. The third-order valence-electron chi connectivity index (χ3n) is 5.15. The van der Waals surface area contributed by atoms with Crippen molar-refractivity contribution in [2.75, 3.05) is 24.2 Å². The largest absolute Gasteiger partial charge is 0.467 e. The van der Waals surface area contributed by atoms with Crippen LogP contribution in [0.3, 0.4) is 0 Å². The minimum absolute atomic E-state index is 0.149. The molecule has 5 rings (SSSR count). The monoisotopic (exact) mass is 471 g/mol. The minimum atomic E-state index is 0.149. The van der Waals surface area contributed by atoms with Crippen LogP contribution in [-0.2, 0) is 11.3 Å². The molecule has 1 atom stereocenters. The molecule has 1 fully saturated rings. The van der Waals surface area contributed by atoms with Crippen LogP contribution < -0.4 is 5.32 Å². The van der Waals surface area contributed by atoms with Crippen molar-refractivity contribution in [3.8, 4) is 0 Å². The van der Waals surface area contributed by atoms with E-state index in [4.69, 9.17) is 9.40 Å². The van der Waals surface area contributed by atoms with Gasteiger partial charge < -0.3 is 14.6 Å². The fourth-order valence-electron chi connectivity index (χ4n) is 3.60. The van der Waals surface area contributed by atoms with Crippen LogP contribution in [0.1, 0.15) is 29.5 Å². The number of thiazole rings is 1. The predicted molar refractivity (Wildman–Crippen MR) is 125 cm³/mol. The van der Waals surface area contributed by atoms with Crippen molar-refractivity contribution < 1.29 is 9.21 Å². The molecule has 1 aliphatic heterocycles. The molecule has 0 unspecified atom stereocenters. The molecule has 160 valence electrons. The zero-order valence-electron chi connectivity index (χ0n) is 16.7. The van der Waals surface area contributed by atoms with Gasteiger partial charge in [0.25, 0.3) is 0 Å². The van der Waals surface area contributed by atoms with Crippen LogP contribution in [0.5, 0.6) is 0 Å². The number of carbonyl (C=O) groups excluding carboxylic acids is 1. The van der Waals surface area contributed by atoms with Gasteiger partial charge in [-0.1, -0.05) is 35.2 Å². The summed E-state index contributed by atoms with van der Waals surface area (Å²) < 4.78 is 7.30. The van der Waals surface area contributed by atoms with Gasteiger partial charge in [-0.25, -0.2) is 4.98 Å². The number of hydrogen-bond donors (Lipinski definition) is 1. The first kappa shape index (κ1) is 20.5. The number of furan rings is 1. The predicted octanol–water partition coefficient (Wildman–Crippen LogP) is 4.85. The van der Waals surface area contributed by atoms with Crippen LogP contribution in [0.15, 0.2) is 51.4 Å². The molecular formula is C21H21N5O2S3. The first-order valence-electron chi connectivity index (χ1n) is 10.1. The standard InChI is InChI=1S/C21H21N5O2S3/c27-18(13-29-21-25-24-20(31-21)22-11-15-6-4-10-28-15)26-9-3-5-14(12-26)19-23-16-7-1-2-8-17(16)30-19/h1-2,4,6-8,10,14H,3,5,9,11-13H2,(H,22,24)/t14-/m1/s1. The number of nitrogens with one attached hydrogen (secondary N) is 1. The highest BCUT2D eigenvalue weighted by atomic mass is 32.2. The Morgan fingerprint density at radius 3 is 3.03 bits per heavy atom. The van der Waals surface area contributed by atoms with E-state index in [-0.39, 0.29) is 5.91 Å². The fraction of sp³-hybridized carbons (Fsp3) is 0.333. The Morgan fingerprint density at radius 1 is 1.23 bits per heavy atom. The van der Waals surface area contributed by atoms with E-state index in [1.165, 1.54) is 27.8 Å². The number of aromatic nitrogens is 3. The van der Waals surface area contributed by atoms with E-state index in [0.717, 1.165) is 51.7 Å². The van der Waals surface area contributed by atoms with E-state index >= 15 is 0 Å². The smallest absolute Gasteiger partial charge is 0.233 e. The van der Waals surface area contributed by atoms with Gasteiger partial charge in [0.15, 0.2) is 4.34 Å². The number of likely N-dealkylation sites (tertiary alicyclic amines) is 1. The van der Waals surface area contributed by atoms with Crippen LogP contribution in [0.4, 0.5) is 5.13 Å². The molecule has 4 heterocycles. The summed E-state index contributed by atoms with van der Waals surface area (Å²) in [7, 11) is 0. The lowest BCUT2D eigenvalue weighted by Crippen LogP contribution is -2.40. The second-order valence-corrected chi connectivity index (χ2v) is 10.6. The Bertz CT molecular complexity index is 1120. The highest BCUT2D eigenvalue weighted by Gasteiger charge is 2.27. The number of thioether (sulfide) groups is 1. The summed E-state index contributed by atoms with van der Waals surface area (Å²) in [5, 5.41) is 13.4. The van der Waals surface area contributed by atoms with Crippen LogP contribution >= 0.6 is 34.4 Å². The highest BCUT2D eigenvalue weighted by molar-refractivity contribution is 8.01. The molecule has 1 amide bonds. The van der Waals surface area contributed by atoms with Gasteiger partial charge in [0, 0.05) is 19.0 Å². The maximum absolute atomic E-state index is 12.8. The number of fused-ring (bicyclic) bond motifs is 1. The lowest BCUT2D eigenvalue weighted by atomic mass is 9.99. The molecule has 1 saturated heterocycles. The quantitative estimate of drug-likeness (QED) is 0.386. The summed E-state index contributed by atoms with van der Waals surface area (Å²) in [6.45, 7) is 2.12. The minimum Gasteiger partial charge on any atom is -0.467 e. The molecule has 10 heteroatoms. The van der Waals surface area contributed by atoms with E-state index in [1.807, 2.05) is 29.2 Å². The molecule has 0 bridgehead atoms. The van der Waals surface area contributed by atoms with E-state index in [0.29, 0.717) is 18.2 Å². The van der Waals surface area contributed by atoms with Crippen molar-refractivity contribution in [2.45, 2.75) is 29.6 Å². The Balaban J connectivity index is 1.14. The Labute approximate surface area is 191 Å². The number of carbonyl (C=O) groups is 1. The molecule has 4 aromatic rings. The summed E-state index contributed by atoms with van der Waals surface area (Å²) in [5.41, 5.74) is 1.05. The summed E-state index contributed by atoms with van der Waals surface area (Å²) in [6, 6.07) is 12.0. The molecule has 1 N–H and O–H groups in total. The van der Waals surface area contributed by atoms with Gasteiger partial charge in [-0.2, -0.15) is 0 Å². The van der Waals surface area contributed by atoms with Gasteiger partial charge in [0.1, 0.15) is 5.76 Å². The Morgan fingerprint density at radius 2 is 2.16 bits per heavy atom. The number of rotatable bonds is 7. The summed E-state index contributed by atoms with van der Waals surface area (Å²) in [4.78, 5) is 19.6. The van der Waals surface area contributed by atoms with Gasteiger partial charge in [0.05, 0.1) is 33.8 Å². The van der Waals surface area contributed by atoms with Crippen LogP contribution in [0.25, 0.3) is 10.2 Å². The number of benzene rings is 1. The topological polar surface area (TPSA) is 84.2 Å². The lowest BCUT2D eigenvalue weighted by molar-refractivity contribution is -0.129. The summed E-state index contributed by atoms with van der Waals surface area (Å²) in [5.74, 6) is 1.68. The van der Waals surface area contributed by atoms with E-state index in [1.54, 1.807) is 17.6 Å². The second kappa shape index (κ2) is 9.37. The molecule has 7 nitrogen and oxygen atoms in total. The number of hydrogen-bond acceptors (Lipinski definition) is 9. The van der Waals surface area contributed by atoms with Crippen molar-refractivity contribution in [3.05, 3.63) is 53.4 Å². The molecule has 0 saturated carbocycles. The SMILES string of the molecule is O=C(CSc1nnc(NCc2ccco2)s1)N1CCC[C@@H](c2nc3ccccc3s2)C1. The maximum Gasteiger partial charge on any atom is 0.233 e. The third-order valence-corrected chi connectivity index (χ3v) is 8.35. The van der Waals surface area contributed by atoms with Crippen molar-refractivity contribution in [1.29, 1.82) is 0 Å². The van der Waals surface area contributed by atoms with Gasteiger partial charge in [-0.3, -0.25) is 4.79 Å². The molecule has 1 aromatic carbocycles. The number of amides is 1. The third kappa shape index (κ3) is 4.91. The molecule has 31 heavy (non-hydrogen) atoms. The normalized spacial score (nSPS) is 16.6. The van der Waals surface area contributed by atoms with Gasteiger partial charge in [-0.15, -0.1) is 21.5 Å². The Hall–Kier alpha value is -2.43. The van der Waals surface area contributed by atoms with Crippen molar-refractivity contribution >= 4 is 55.7 Å². The lowest BCUT2D eigenvalue weighted by Gasteiger charge is -2.31. The molecule has 0 aliphatic carbocycles. The molecule has 1 aliphatic rings. The number of piperidine rings is 1. The zero-order valence-corrected chi connectivity index (χ0v) is 19.1. The first-order chi connectivity index (χ1) is 15.2. The van der Waals surface area contributed by atoms with E-state index in [9.17, 15) is 4.79 Å². The van der Waals surface area contributed by atoms with Crippen molar-refractivity contribution in [1.82, 2.24) is 20.1 Å². The van der Waals surface area contributed by atoms with Crippen molar-refractivity contribution in [3.63, 3.8) is 0 Å². The molecule has 0 spiro atoms. The summed E-state index contributed by atoms with van der Waals surface area (Å²) in [6.07, 6.45) is 3.74. The van der Waals surface area contributed by atoms with Gasteiger partial charge in [-0.05, 0) is 37.1 Å². The number of anilines is 1. The fourth-order valence-corrected chi connectivity index (χ4v) is 6.34. The first-order valence-corrected chi connectivity index (χ1v) is 12.7. The van der Waals surface area contributed by atoms with E-state index in [2.05, 4.69) is 27.6 Å². The van der Waals surface area contributed by atoms with Gasteiger partial charge in [0.2, 0.25) is 11.0 Å². The number of nitrogens with zero attached hydrogens (tertiary/aromatic N) is 4. The molecule has 0 radical (unpaired) electrons. The maximum atomic E-state index is 12.8. The van der Waals surface area contributed by atoms with Crippen LogP contribution in [0.2, 0.25) is 0 Å². The molecular weight excluding hydrogens is 450 g/mol. The number of para-hydroxylation sites is 1. The van der Waals surface area contributed by atoms with Crippen LogP contribution in [0, 0.1) is 0 Å². The van der Waals surface area contributed by atoms with E-state index < -0.39 is 0 Å². The second-order valence-electron chi connectivity index (χ2n) is 7.29. The van der Waals surface area contributed by atoms with Crippen molar-refractivity contribution in [2.24, 2.45) is 0 Å². The average Bonchev–Trinajstić information content (AvgIpc) is 3.56.